The highest BCUT2D eigenvalue weighted by Gasteiger charge is 2.48. The van der Waals surface area contributed by atoms with Gasteiger partial charge >= 0.3 is 0 Å². The molecule has 7 heteroatoms. The summed E-state index contributed by atoms with van der Waals surface area (Å²) in [4.78, 5) is 4.40. The van der Waals surface area contributed by atoms with Crippen LogP contribution in [-0.2, 0) is 14.8 Å². The number of hydrogen-bond acceptors (Lipinski definition) is 5. The highest BCUT2D eigenvalue weighted by atomic mass is 32.2. The van der Waals surface area contributed by atoms with Gasteiger partial charge in [-0.15, -0.1) is 0 Å². The third-order valence-corrected chi connectivity index (χ3v) is 6.10. The van der Waals surface area contributed by atoms with Gasteiger partial charge in [0.1, 0.15) is 10.7 Å². The number of pyridine rings is 1. The molecule has 0 spiro atoms. The fourth-order valence-corrected chi connectivity index (χ4v) is 3.39. The van der Waals surface area contributed by atoms with Crippen LogP contribution < -0.4 is 5.32 Å². The van der Waals surface area contributed by atoms with Gasteiger partial charge in [0.05, 0.1) is 6.10 Å². The van der Waals surface area contributed by atoms with Crippen LogP contribution in [0.4, 0.5) is 5.82 Å². The van der Waals surface area contributed by atoms with E-state index in [1.165, 1.54) is 24.6 Å². The van der Waals surface area contributed by atoms with Crippen molar-refractivity contribution in [3.63, 3.8) is 0 Å². The third kappa shape index (κ3) is 2.90. The summed E-state index contributed by atoms with van der Waals surface area (Å²) in [5, 5.41) is 3.34. The minimum Gasteiger partial charge on any atom is -0.381 e. The van der Waals surface area contributed by atoms with Crippen molar-refractivity contribution in [3.8, 4) is 0 Å². The maximum absolute atomic E-state index is 12.0. The monoisotopic (exact) mass is 313 g/mol. The van der Waals surface area contributed by atoms with Crippen LogP contribution in [0.1, 0.15) is 20.3 Å². The highest BCUT2D eigenvalue weighted by Crippen LogP contribution is 2.43. The molecule has 1 aliphatic rings. The fraction of sp³-hybridized carbons (Fsp3) is 0.643. The largest absolute Gasteiger partial charge is 0.381 e. The molecule has 0 aromatic carbocycles. The number of methoxy groups -OCH3 is 1. The Morgan fingerprint density at radius 1 is 1.38 bits per heavy atom. The lowest BCUT2D eigenvalue weighted by atomic mass is 9.64. The van der Waals surface area contributed by atoms with Crippen LogP contribution in [0.3, 0.4) is 0 Å². The molecule has 0 aliphatic heterocycles. The number of sulfonamides is 1. The number of hydrogen-bond donors (Lipinski definition) is 1. The summed E-state index contributed by atoms with van der Waals surface area (Å²) in [6.07, 6.45) is 2.54. The molecule has 118 valence electrons. The molecule has 1 fully saturated rings. The summed E-state index contributed by atoms with van der Waals surface area (Å²) in [5.74, 6) is 0.681. The molecule has 2 unspecified atom stereocenters. The fourth-order valence-electron chi connectivity index (χ4n) is 2.54. The number of rotatable bonds is 5. The molecule has 0 bridgehead atoms. The van der Waals surface area contributed by atoms with E-state index >= 15 is 0 Å². The standard InChI is InChI=1S/C14H23N3O3S/c1-14(2)11(8-12(14)20-5)16-13-7-6-10(9-15-13)21(18,19)17(3)4/h6-7,9,11-12H,8H2,1-5H3,(H,15,16). The topological polar surface area (TPSA) is 71.5 Å². The van der Waals surface area contributed by atoms with Crippen LogP contribution in [-0.4, -0.2) is 51.1 Å². The van der Waals surface area contributed by atoms with Gasteiger partial charge in [-0.05, 0) is 18.6 Å². The molecular formula is C14H23N3O3S. The van der Waals surface area contributed by atoms with Gasteiger partial charge in [-0.25, -0.2) is 17.7 Å². The molecule has 1 heterocycles. The van der Waals surface area contributed by atoms with Crippen molar-refractivity contribution < 1.29 is 13.2 Å². The molecular weight excluding hydrogens is 290 g/mol. The van der Waals surface area contributed by atoms with Gasteiger partial charge < -0.3 is 10.1 Å². The molecule has 21 heavy (non-hydrogen) atoms. The average Bonchev–Trinajstić information content (AvgIpc) is 2.43. The van der Waals surface area contributed by atoms with Gasteiger partial charge in [-0.3, -0.25) is 0 Å². The molecule has 6 nitrogen and oxygen atoms in total. The van der Waals surface area contributed by atoms with Crippen molar-refractivity contribution in [2.45, 2.75) is 37.3 Å². The molecule has 2 rings (SSSR count). The first-order valence-corrected chi connectivity index (χ1v) is 8.31. The number of aromatic nitrogens is 1. The zero-order chi connectivity index (χ0) is 15.8. The van der Waals surface area contributed by atoms with Gasteiger partial charge in [-0.1, -0.05) is 13.8 Å². The average molecular weight is 313 g/mol. The predicted molar refractivity (Wildman–Crippen MR) is 81.7 cm³/mol. The van der Waals surface area contributed by atoms with Crippen LogP contribution in [0.25, 0.3) is 0 Å². The minimum absolute atomic E-state index is 0.0326. The second-order valence-corrected chi connectivity index (χ2v) is 8.30. The minimum atomic E-state index is -3.43. The van der Waals surface area contributed by atoms with Crippen molar-refractivity contribution in [2.24, 2.45) is 5.41 Å². The van der Waals surface area contributed by atoms with Crippen molar-refractivity contribution in [1.82, 2.24) is 9.29 Å². The van der Waals surface area contributed by atoms with E-state index in [1.807, 2.05) is 0 Å². The summed E-state index contributed by atoms with van der Waals surface area (Å²) in [6.45, 7) is 4.29. The van der Waals surface area contributed by atoms with Crippen LogP contribution in [0.15, 0.2) is 23.2 Å². The van der Waals surface area contributed by atoms with Gasteiger partial charge in [0.15, 0.2) is 0 Å². The van der Waals surface area contributed by atoms with Crippen LogP contribution in [0.5, 0.6) is 0 Å². The molecule has 0 saturated heterocycles. The maximum Gasteiger partial charge on any atom is 0.244 e. The molecule has 2 atom stereocenters. The van der Waals surface area contributed by atoms with Crippen molar-refractivity contribution in [2.75, 3.05) is 26.5 Å². The molecule has 1 saturated carbocycles. The van der Waals surface area contributed by atoms with Crippen molar-refractivity contribution >= 4 is 15.8 Å². The lowest BCUT2D eigenvalue weighted by Gasteiger charge is -2.51. The molecule has 1 aromatic heterocycles. The van der Waals surface area contributed by atoms with Gasteiger partial charge in [0.25, 0.3) is 0 Å². The van der Waals surface area contributed by atoms with Crippen LogP contribution in [0.2, 0.25) is 0 Å². The Morgan fingerprint density at radius 2 is 2.05 bits per heavy atom. The Labute approximate surface area is 126 Å². The summed E-state index contributed by atoms with van der Waals surface area (Å²) in [7, 11) is 1.30. The first kappa shape index (κ1) is 16.2. The second-order valence-electron chi connectivity index (χ2n) is 6.14. The smallest absolute Gasteiger partial charge is 0.244 e. The van der Waals surface area contributed by atoms with Crippen LogP contribution in [0, 0.1) is 5.41 Å². The van der Waals surface area contributed by atoms with Gasteiger partial charge in [0.2, 0.25) is 10.0 Å². The van der Waals surface area contributed by atoms with E-state index in [0.717, 1.165) is 6.42 Å². The van der Waals surface area contributed by atoms with E-state index in [9.17, 15) is 8.42 Å². The Kier molecular flexibility index (Phi) is 4.28. The number of anilines is 1. The number of nitrogens with one attached hydrogen (secondary N) is 1. The summed E-state index contributed by atoms with van der Waals surface area (Å²) >= 11 is 0. The first-order chi connectivity index (χ1) is 9.69. The Morgan fingerprint density at radius 3 is 2.48 bits per heavy atom. The molecule has 0 amide bonds. The van der Waals surface area contributed by atoms with Gasteiger partial charge in [0, 0.05) is 38.9 Å². The molecule has 1 N–H and O–H groups in total. The van der Waals surface area contributed by atoms with E-state index in [4.69, 9.17) is 4.74 Å². The Balaban J connectivity index is 2.08. The normalized spacial score (nSPS) is 24.7. The molecule has 1 aromatic rings. The van der Waals surface area contributed by atoms with E-state index in [2.05, 4.69) is 24.1 Å². The van der Waals surface area contributed by atoms with Crippen molar-refractivity contribution in [3.05, 3.63) is 18.3 Å². The van der Waals surface area contributed by atoms with E-state index < -0.39 is 10.0 Å². The van der Waals surface area contributed by atoms with Crippen molar-refractivity contribution in [1.29, 1.82) is 0 Å². The summed E-state index contributed by atoms with van der Waals surface area (Å²) in [5.41, 5.74) is 0.0326. The SMILES string of the molecule is COC1CC(Nc2ccc(S(=O)(=O)N(C)C)cn2)C1(C)C. The van der Waals surface area contributed by atoms with E-state index in [0.29, 0.717) is 5.82 Å². The lowest BCUT2D eigenvalue weighted by Crippen LogP contribution is -2.57. The maximum atomic E-state index is 12.0. The lowest BCUT2D eigenvalue weighted by molar-refractivity contribution is -0.0795. The summed E-state index contributed by atoms with van der Waals surface area (Å²) < 4.78 is 30.5. The highest BCUT2D eigenvalue weighted by molar-refractivity contribution is 7.89. The Hall–Kier alpha value is -1.18. The van der Waals surface area contributed by atoms with E-state index in [-0.39, 0.29) is 22.5 Å². The zero-order valence-electron chi connectivity index (χ0n) is 13.1. The second kappa shape index (κ2) is 5.55. The molecule has 1 aliphatic carbocycles. The quantitative estimate of drug-likeness (QED) is 0.893. The Bertz CT molecular complexity index is 596. The van der Waals surface area contributed by atoms with Crippen LogP contribution >= 0.6 is 0 Å². The third-order valence-electron chi connectivity index (χ3n) is 4.30. The van der Waals surface area contributed by atoms with Gasteiger partial charge in [-0.2, -0.15) is 0 Å². The zero-order valence-corrected chi connectivity index (χ0v) is 13.9. The molecule has 0 radical (unpaired) electrons. The number of ether oxygens (including phenoxy) is 1. The first-order valence-electron chi connectivity index (χ1n) is 6.87. The predicted octanol–water partition coefficient (Wildman–Crippen LogP) is 1.56. The van der Waals surface area contributed by atoms with E-state index in [1.54, 1.807) is 19.2 Å². The number of nitrogens with zero attached hydrogens (tertiary/aromatic N) is 2. The summed E-state index contributed by atoms with van der Waals surface area (Å²) in [6, 6.07) is 3.54.